The monoisotopic (exact) mass is 282 g/mol. The zero-order chi connectivity index (χ0) is 13.1. The summed E-state index contributed by atoms with van der Waals surface area (Å²) in [6, 6.07) is 0. The SMILES string of the molecule is CCO[Si](COC(=O)CCS)(OCC)OCC. The van der Waals surface area contributed by atoms with E-state index in [-0.39, 0.29) is 18.6 Å². The largest absolute Gasteiger partial charge is 0.540 e. The normalized spacial score (nSPS) is 11.5. The number of hydrogen-bond acceptors (Lipinski definition) is 6. The maximum Gasteiger partial charge on any atom is 0.540 e. The van der Waals surface area contributed by atoms with E-state index in [4.69, 9.17) is 18.0 Å². The van der Waals surface area contributed by atoms with Crippen LogP contribution >= 0.6 is 12.6 Å². The van der Waals surface area contributed by atoms with Gasteiger partial charge in [0.1, 0.15) is 0 Å². The van der Waals surface area contributed by atoms with Crippen LogP contribution in [0.1, 0.15) is 27.2 Å². The third kappa shape index (κ3) is 7.05. The summed E-state index contributed by atoms with van der Waals surface area (Å²) in [5.74, 6) is 0.154. The van der Waals surface area contributed by atoms with Gasteiger partial charge in [0.05, 0.1) is 6.42 Å². The lowest BCUT2D eigenvalue weighted by Crippen LogP contribution is -2.51. The molecular weight excluding hydrogens is 260 g/mol. The minimum Gasteiger partial charge on any atom is -0.461 e. The molecule has 0 fully saturated rings. The summed E-state index contributed by atoms with van der Waals surface area (Å²) in [5, 5.41) is 0. The number of carbonyl (C=O) groups is 1. The molecule has 0 saturated heterocycles. The van der Waals surface area contributed by atoms with Gasteiger partial charge in [-0.15, -0.1) is 0 Å². The zero-order valence-corrected chi connectivity index (χ0v) is 12.6. The fourth-order valence-electron chi connectivity index (χ4n) is 1.24. The van der Waals surface area contributed by atoms with Crippen molar-refractivity contribution in [1.82, 2.24) is 0 Å². The summed E-state index contributed by atoms with van der Waals surface area (Å²) in [6.07, 6.45) is 0.340. The van der Waals surface area contributed by atoms with E-state index in [1.165, 1.54) is 0 Å². The lowest BCUT2D eigenvalue weighted by molar-refractivity contribution is -0.143. The van der Waals surface area contributed by atoms with Crippen molar-refractivity contribution in [3.05, 3.63) is 0 Å². The lowest BCUT2D eigenvalue weighted by Gasteiger charge is -2.27. The molecule has 0 radical (unpaired) electrons. The number of thiol groups is 1. The van der Waals surface area contributed by atoms with Crippen LogP contribution in [0, 0.1) is 0 Å². The van der Waals surface area contributed by atoms with Gasteiger partial charge in [0.2, 0.25) is 0 Å². The van der Waals surface area contributed by atoms with E-state index in [0.29, 0.717) is 25.6 Å². The fourth-order valence-corrected chi connectivity index (χ4v) is 3.58. The second-order valence-electron chi connectivity index (χ2n) is 3.12. The van der Waals surface area contributed by atoms with Gasteiger partial charge in [-0.2, -0.15) is 12.6 Å². The van der Waals surface area contributed by atoms with Crippen LogP contribution < -0.4 is 0 Å². The Morgan fingerprint density at radius 2 is 1.53 bits per heavy atom. The van der Waals surface area contributed by atoms with Crippen LogP contribution in [0.25, 0.3) is 0 Å². The second kappa shape index (κ2) is 9.90. The Morgan fingerprint density at radius 3 is 1.88 bits per heavy atom. The fraction of sp³-hybridized carbons (Fsp3) is 0.900. The van der Waals surface area contributed by atoms with Gasteiger partial charge in [-0.25, -0.2) is 0 Å². The molecule has 0 saturated carbocycles. The number of ether oxygens (including phenoxy) is 1. The van der Waals surface area contributed by atoms with E-state index in [0.717, 1.165) is 0 Å². The summed E-state index contributed by atoms with van der Waals surface area (Å²) in [5.41, 5.74) is 0. The molecule has 0 aromatic rings. The molecule has 0 aliphatic carbocycles. The molecule has 0 heterocycles. The Bertz CT molecular complexity index is 198. The van der Waals surface area contributed by atoms with E-state index in [2.05, 4.69) is 12.6 Å². The smallest absolute Gasteiger partial charge is 0.461 e. The molecule has 0 aromatic carbocycles. The van der Waals surface area contributed by atoms with Crippen LogP contribution in [-0.2, 0) is 22.8 Å². The highest BCUT2D eigenvalue weighted by molar-refractivity contribution is 7.80. The van der Waals surface area contributed by atoms with E-state index in [1.807, 2.05) is 20.8 Å². The van der Waals surface area contributed by atoms with Crippen molar-refractivity contribution >= 4 is 27.4 Å². The van der Waals surface area contributed by atoms with Crippen LogP contribution in [0.3, 0.4) is 0 Å². The van der Waals surface area contributed by atoms with E-state index in [1.54, 1.807) is 0 Å². The van der Waals surface area contributed by atoms with E-state index in [9.17, 15) is 4.79 Å². The molecule has 0 atom stereocenters. The first-order chi connectivity index (χ1) is 8.14. The van der Waals surface area contributed by atoms with Crippen molar-refractivity contribution in [1.29, 1.82) is 0 Å². The van der Waals surface area contributed by atoms with Crippen LogP contribution in [0.2, 0.25) is 0 Å². The van der Waals surface area contributed by atoms with Crippen molar-refractivity contribution in [3.63, 3.8) is 0 Å². The predicted molar refractivity (Wildman–Crippen MR) is 70.1 cm³/mol. The summed E-state index contributed by atoms with van der Waals surface area (Å²) < 4.78 is 21.7. The van der Waals surface area contributed by atoms with E-state index >= 15 is 0 Å². The molecule has 5 nitrogen and oxygen atoms in total. The molecule has 0 unspecified atom stereocenters. The van der Waals surface area contributed by atoms with Gasteiger partial charge in [-0.1, -0.05) is 0 Å². The first kappa shape index (κ1) is 16.9. The van der Waals surface area contributed by atoms with Crippen LogP contribution in [0.5, 0.6) is 0 Å². The number of esters is 1. The summed E-state index contributed by atoms with van der Waals surface area (Å²) in [6.45, 7) is 6.98. The molecule has 0 spiro atoms. The lowest BCUT2D eigenvalue weighted by atomic mass is 10.5. The quantitative estimate of drug-likeness (QED) is 0.373. The molecule has 0 bridgehead atoms. The van der Waals surface area contributed by atoms with Crippen molar-refractivity contribution in [2.75, 3.05) is 31.8 Å². The topological polar surface area (TPSA) is 54.0 Å². The molecule has 17 heavy (non-hydrogen) atoms. The van der Waals surface area contributed by atoms with Gasteiger partial charge in [-0.3, -0.25) is 4.79 Å². The Labute approximate surface area is 110 Å². The van der Waals surface area contributed by atoms with Gasteiger partial charge < -0.3 is 18.0 Å². The minimum atomic E-state index is -2.86. The Hall–Kier alpha value is -0.0831. The standard InChI is InChI=1S/C10H22O5SSi/c1-4-13-17(14-5-2,15-6-3)9-12-10(11)7-8-16/h16H,4-9H2,1-3H3. The number of carbonyl (C=O) groups excluding carboxylic acids is 1. The van der Waals surface area contributed by atoms with Gasteiger partial charge >= 0.3 is 14.8 Å². The Balaban J connectivity index is 4.37. The number of hydrogen-bond donors (Lipinski definition) is 1. The first-order valence-corrected chi connectivity index (χ1v) is 8.38. The van der Waals surface area contributed by atoms with Crippen molar-refractivity contribution in [3.8, 4) is 0 Å². The molecule has 0 aliphatic rings. The average molecular weight is 282 g/mol. The summed E-state index contributed by atoms with van der Waals surface area (Å²) in [7, 11) is -2.86. The molecule has 7 heteroatoms. The Kier molecular flexibility index (Phi) is 9.85. The second-order valence-corrected chi connectivity index (χ2v) is 6.08. The van der Waals surface area contributed by atoms with Gasteiger partial charge in [-0.05, 0) is 20.8 Å². The molecule has 0 aromatic heterocycles. The molecule has 0 amide bonds. The van der Waals surface area contributed by atoms with E-state index < -0.39 is 8.80 Å². The molecule has 0 aliphatic heterocycles. The van der Waals surface area contributed by atoms with Crippen LogP contribution in [-0.4, -0.2) is 46.6 Å². The highest BCUT2D eigenvalue weighted by Gasteiger charge is 2.42. The van der Waals surface area contributed by atoms with Gasteiger partial charge in [0.15, 0.2) is 6.23 Å². The van der Waals surface area contributed by atoms with Crippen molar-refractivity contribution in [2.45, 2.75) is 27.2 Å². The summed E-state index contributed by atoms with van der Waals surface area (Å²) >= 11 is 3.97. The number of rotatable bonds is 10. The zero-order valence-electron chi connectivity index (χ0n) is 10.7. The molecule has 0 rings (SSSR count). The van der Waals surface area contributed by atoms with Crippen molar-refractivity contribution in [2.24, 2.45) is 0 Å². The third-order valence-corrected chi connectivity index (χ3v) is 4.73. The first-order valence-electron chi connectivity index (χ1n) is 5.82. The highest BCUT2D eigenvalue weighted by Crippen LogP contribution is 2.11. The van der Waals surface area contributed by atoms with Crippen molar-refractivity contribution < 1.29 is 22.8 Å². The van der Waals surface area contributed by atoms with Gasteiger partial charge in [0, 0.05) is 25.6 Å². The van der Waals surface area contributed by atoms with Gasteiger partial charge in [0.25, 0.3) is 0 Å². The molecular formula is C10H22O5SSi. The third-order valence-electron chi connectivity index (χ3n) is 1.82. The van der Waals surface area contributed by atoms with Crippen LogP contribution in [0.15, 0.2) is 0 Å². The highest BCUT2D eigenvalue weighted by atomic mass is 32.1. The molecule has 0 N–H and O–H groups in total. The maximum absolute atomic E-state index is 11.3. The predicted octanol–water partition coefficient (Wildman–Crippen LogP) is 1.44. The summed E-state index contributed by atoms with van der Waals surface area (Å²) in [4.78, 5) is 11.3. The van der Waals surface area contributed by atoms with Crippen LogP contribution in [0.4, 0.5) is 0 Å². The average Bonchev–Trinajstić information content (AvgIpc) is 2.28. The Morgan fingerprint density at radius 1 is 1.06 bits per heavy atom. The molecule has 102 valence electrons. The minimum absolute atomic E-state index is 0.0646. The maximum atomic E-state index is 11.3.